The molecule has 2 aromatic rings. The second-order valence-electron chi connectivity index (χ2n) is 5.80. The highest BCUT2D eigenvalue weighted by atomic mass is 16.5. The van der Waals surface area contributed by atoms with Crippen LogP contribution in [0, 0.1) is 13.8 Å². The molecule has 8 nitrogen and oxygen atoms in total. The van der Waals surface area contributed by atoms with E-state index in [9.17, 15) is 4.79 Å². The summed E-state index contributed by atoms with van der Waals surface area (Å²) in [4.78, 5) is 25.4. The molecule has 1 aliphatic heterocycles. The van der Waals surface area contributed by atoms with Gasteiger partial charge in [-0.1, -0.05) is 5.16 Å². The van der Waals surface area contributed by atoms with Gasteiger partial charge in [-0.05, 0) is 20.8 Å². The molecule has 1 amide bonds. The first-order valence-electron chi connectivity index (χ1n) is 8.13. The Morgan fingerprint density at radius 1 is 1.25 bits per heavy atom. The average molecular weight is 330 g/mol. The summed E-state index contributed by atoms with van der Waals surface area (Å²) >= 11 is 0. The second kappa shape index (κ2) is 6.86. The van der Waals surface area contributed by atoms with Crippen molar-refractivity contribution in [3.8, 4) is 0 Å². The molecule has 0 bridgehead atoms. The highest BCUT2D eigenvalue weighted by Crippen LogP contribution is 2.18. The Labute approximate surface area is 140 Å². The van der Waals surface area contributed by atoms with Crippen LogP contribution in [0.3, 0.4) is 0 Å². The minimum atomic E-state index is -0.0272. The minimum Gasteiger partial charge on any atom is -0.361 e. The normalized spacial score (nSPS) is 14.8. The average Bonchev–Trinajstić information content (AvgIpc) is 3.00. The topological polar surface area (TPSA) is 87.4 Å². The van der Waals surface area contributed by atoms with Gasteiger partial charge in [0.05, 0.1) is 6.20 Å². The molecule has 0 spiro atoms. The van der Waals surface area contributed by atoms with Crippen molar-refractivity contribution >= 4 is 17.7 Å². The lowest BCUT2D eigenvalue weighted by Crippen LogP contribution is -2.49. The Hall–Kier alpha value is -2.64. The predicted octanol–water partition coefficient (Wildman–Crippen LogP) is 1.48. The van der Waals surface area contributed by atoms with Crippen molar-refractivity contribution in [3.05, 3.63) is 29.3 Å². The van der Waals surface area contributed by atoms with Gasteiger partial charge in [-0.25, -0.2) is 4.98 Å². The molecule has 0 aromatic carbocycles. The van der Waals surface area contributed by atoms with Crippen LogP contribution in [-0.2, 0) is 0 Å². The van der Waals surface area contributed by atoms with Gasteiger partial charge in [0.25, 0.3) is 5.91 Å². The van der Waals surface area contributed by atoms with Crippen LogP contribution in [0.15, 0.2) is 16.8 Å². The van der Waals surface area contributed by atoms with Gasteiger partial charge in [-0.3, -0.25) is 4.79 Å². The Morgan fingerprint density at radius 3 is 2.62 bits per heavy atom. The Bertz CT molecular complexity index is 721. The molecule has 3 rings (SSSR count). The third-order valence-electron chi connectivity index (χ3n) is 4.05. The lowest BCUT2D eigenvalue weighted by Gasteiger charge is -2.35. The van der Waals surface area contributed by atoms with Crippen molar-refractivity contribution in [2.24, 2.45) is 0 Å². The zero-order valence-electron chi connectivity index (χ0n) is 14.2. The number of nitrogens with zero attached hydrogens (tertiary/aromatic N) is 5. The van der Waals surface area contributed by atoms with Gasteiger partial charge in [0, 0.05) is 44.5 Å². The summed E-state index contributed by atoms with van der Waals surface area (Å²) in [6.07, 6.45) is 1.49. The predicted molar refractivity (Wildman–Crippen MR) is 90.3 cm³/mol. The number of anilines is 2. The third kappa shape index (κ3) is 3.32. The van der Waals surface area contributed by atoms with Crippen LogP contribution >= 0.6 is 0 Å². The van der Waals surface area contributed by atoms with Crippen LogP contribution < -0.4 is 10.2 Å². The Morgan fingerprint density at radius 2 is 2.00 bits per heavy atom. The largest absolute Gasteiger partial charge is 0.361 e. The summed E-state index contributed by atoms with van der Waals surface area (Å²) in [6, 6.07) is 1.97. The summed E-state index contributed by atoms with van der Waals surface area (Å²) in [5.41, 5.74) is 1.46. The second-order valence-corrected chi connectivity index (χ2v) is 5.80. The number of hydrogen-bond donors (Lipinski definition) is 1. The molecule has 2 aromatic heterocycles. The van der Waals surface area contributed by atoms with E-state index < -0.39 is 0 Å². The van der Waals surface area contributed by atoms with Crippen LogP contribution in [0.2, 0.25) is 0 Å². The van der Waals surface area contributed by atoms with Gasteiger partial charge >= 0.3 is 0 Å². The van der Waals surface area contributed by atoms with Crippen molar-refractivity contribution in [1.29, 1.82) is 0 Å². The molecule has 1 fully saturated rings. The highest BCUT2D eigenvalue weighted by molar-refractivity contribution is 5.94. The molecule has 24 heavy (non-hydrogen) atoms. The van der Waals surface area contributed by atoms with E-state index in [0.717, 1.165) is 31.1 Å². The van der Waals surface area contributed by atoms with Crippen LogP contribution in [0.5, 0.6) is 0 Å². The van der Waals surface area contributed by atoms with Crippen LogP contribution in [0.25, 0.3) is 0 Å². The first-order chi connectivity index (χ1) is 11.6. The number of aromatic nitrogens is 3. The molecule has 0 atom stereocenters. The maximum absolute atomic E-state index is 12.5. The molecule has 0 aliphatic carbocycles. The summed E-state index contributed by atoms with van der Waals surface area (Å²) < 4.78 is 4.98. The van der Waals surface area contributed by atoms with E-state index in [2.05, 4.69) is 25.3 Å². The van der Waals surface area contributed by atoms with E-state index in [1.54, 1.807) is 6.92 Å². The van der Waals surface area contributed by atoms with E-state index in [0.29, 0.717) is 30.4 Å². The van der Waals surface area contributed by atoms with Crippen LogP contribution in [-0.4, -0.2) is 58.7 Å². The maximum atomic E-state index is 12.5. The summed E-state index contributed by atoms with van der Waals surface area (Å²) in [6.45, 7) is 9.26. The van der Waals surface area contributed by atoms with E-state index in [1.165, 1.54) is 6.20 Å². The Kier molecular flexibility index (Phi) is 4.64. The van der Waals surface area contributed by atoms with Gasteiger partial charge in [-0.2, -0.15) is 4.98 Å². The lowest BCUT2D eigenvalue weighted by molar-refractivity contribution is 0.0744. The fourth-order valence-electron chi connectivity index (χ4n) is 2.76. The lowest BCUT2D eigenvalue weighted by atomic mass is 10.2. The zero-order chi connectivity index (χ0) is 17.1. The van der Waals surface area contributed by atoms with Gasteiger partial charge in [-0.15, -0.1) is 0 Å². The van der Waals surface area contributed by atoms with Crippen LogP contribution in [0.4, 0.5) is 11.8 Å². The quantitative estimate of drug-likeness (QED) is 0.908. The van der Waals surface area contributed by atoms with E-state index >= 15 is 0 Å². The number of hydrogen-bond acceptors (Lipinski definition) is 7. The number of nitrogens with one attached hydrogen (secondary N) is 1. The van der Waals surface area contributed by atoms with E-state index in [4.69, 9.17) is 4.52 Å². The SMILES string of the molecule is CCNc1nc(C)cc(N2CCN(C(=O)c3cnoc3C)CC2)n1. The molecule has 128 valence electrons. The molecule has 1 saturated heterocycles. The number of amides is 1. The zero-order valence-corrected chi connectivity index (χ0v) is 14.2. The third-order valence-corrected chi connectivity index (χ3v) is 4.05. The van der Waals surface area contributed by atoms with Gasteiger partial charge in [0.1, 0.15) is 17.1 Å². The standard InChI is InChI=1S/C16H22N6O2/c1-4-17-16-19-11(2)9-14(20-16)21-5-7-22(8-6-21)15(23)13-10-18-24-12(13)3/h9-10H,4-8H2,1-3H3,(H,17,19,20). The van der Waals surface area contributed by atoms with E-state index in [-0.39, 0.29) is 5.91 Å². The monoisotopic (exact) mass is 330 g/mol. The van der Waals surface area contributed by atoms with Crippen molar-refractivity contribution in [2.45, 2.75) is 20.8 Å². The highest BCUT2D eigenvalue weighted by Gasteiger charge is 2.25. The number of rotatable bonds is 4. The molecule has 3 heterocycles. The summed E-state index contributed by atoms with van der Waals surface area (Å²) in [5, 5.41) is 6.83. The molecule has 0 unspecified atom stereocenters. The van der Waals surface area contributed by atoms with E-state index in [1.807, 2.05) is 24.8 Å². The first kappa shape index (κ1) is 16.2. The van der Waals surface area contributed by atoms with Crippen molar-refractivity contribution in [2.75, 3.05) is 42.9 Å². The number of piperazine rings is 1. The summed E-state index contributed by atoms with van der Waals surface area (Å²) in [5.74, 6) is 2.07. The fraction of sp³-hybridized carbons (Fsp3) is 0.500. The first-order valence-corrected chi connectivity index (χ1v) is 8.13. The number of carbonyl (C=O) groups is 1. The van der Waals surface area contributed by atoms with Gasteiger partial charge < -0.3 is 19.6 Å². The fourth-order valence-corrected chi connectivity index (χ4v) is 2.76. The molecule has 1 N–H and O–H groups in total. The molecule has 0 radical (unpaired) electrons. The Balaban J connectivity index is 1.67. The molecular weight excluding hydrogens is 308 g/mol. The smallest absolute Gasteiger partial charge is 0.259 e. The molecule has 0 saturated carbocycles. The van der Waals surface area contributed by atoms with Gasteiger partial charge in [0.2, 0.25) is 5.95 Å². The molecular formula is C16H22N6O2. The van der Waals surface area contributed by atoms with Gasteiger partial charge in [0.15, 0.2) is 0 Å². The van der Waals surface area contributed by atoms with Crippen molar-refractivity contribution in [3.63, 3.8) is 0 Å². The number of aryl methyl sites for hydroxylation is 2. The molecule has 8 heteroatoms. The van der Waals surface area contributed by atoms with Crippen molar-refractivity contribution < 1.29 is 9.32 Å². The van der Waals surface area contributed by atoms with Crippen LogP contribution in [0.1, 0.15) is 28.7 Å². The summed E-state index contributed by atoms with van der Waals surface area (Å²) in [7, 11) is 0. The van der Waals surface area contributed by atoms with Crippen molar-refractivity contribution in [1.82, 2.24) is 20.0 Å². The maximum Gasteiger partial charge on any atom is 0.259 e. The molecule has 1 aliphatic rings. The minimum absolute atomic E-state index is 0.0272. The number of carbonyl (C=O) groups excluding carboxylic acids is 1.